The third-order valence-corrected chi connectivity index (χ3v) is 5.80. The fraction of sp³-hybridized carbons (Fsp3) is 0.619. The summed E-state index contributed by atoms with van der Waals surface area (Å²) in [5.74, 6) is 0.823. The van der Waals surface area contributed by atoms with Crippen molar-refractivity contribution in [1.82, 2.24) is 0 Å². The van der Waals surface area contributed by atoms with Crippen molar-refractivity contribution in [2.75, 3.05) is 26.2 Å². The number of aryl methyl sites for hydroxylation is 2. The first-order chi connectivity index (χ1) is 11.4. The Hall–Kier alpha value is -0.376. The number of likely N-dealkylation sites (tertiary alicyclic amines) is 1. The summed E-state index contributed by atoms with van der Waals surface area (Å²) in [5, 5.41) is 0. The number of carbonyl (C=O) groups excluding carboxylic acids is 2. The van der Waals surface area contributed by atoms with E-state index in [2.05, 4.69) is 32.9 Å². The molecule has 1 aromatic rings. The van der Waals surface area contributed by atoms with E-state index in [0.29, 0.717) is 31.0 Å². The van der Waals surface area contributed by atoms with Gasteiger partial charge in [0.1, 0.15) is 12.3 Å². The predicted molar refractivity (Wildman–Crippen MR) is 98.1 cm³/mol. The molecule has 135 valence electrons. The second kappa shape index (κ2) is 10.1. The Bertz CT molecular complexity index is 594. The number of hydrogen-bond donors (Lipinski definition) is 0. The Kier molecular flexibility index (Phi) is 9.14. The number of quaternary nitrogens is 1. The maximum absolute atomic E-state index is 12.8. The van der Waals surface area contributed by atoms with Crippen LogP contribution in [0.1, 0.15) is 49.8 Å². The smallest absolute Gasteiger partial charge is 0.191 e. The number of ketones is 2. The van der Waals surface area contributed by atoms with Crippen molar-refractivity contribution < 1.29 is 46.8 Å². The van der Waals surface area contributed by atoms with Gasteiger partial charge in [0.15, 0.2) is 5.78 Å². The molecule has 1 saturated heterocycles. The van der Waals surface area contributed by atoms with Gasteiger partial charge in [0.25, 0.3) is 0 Å². The molecule has 0 N–H and O–H groups in total. The third-order valence-electron chi connectivity index (χ3n) is 5.80. The van der Waals surface area contributed by atoms with E-state index in [1.807, 2.05) is 13.0 Å². The molecule has 0 spiro atoms. The number of likely N-dealkylation sites (N-methyl/N-ethyl adjacent to an activating group) is 1. The topological polar surface area (TPSA) is 34.1 Å². The van der Waals surface area contributed by atoms with Gasteiger partial charge in [-0.3, -0.25) is 9.59 Å². The Balaban J connectivity index is 0.00000312. The van der Waals surface area contributed by atoms with E-state index in [4.69, 9.17) is 0 Å². The minimum absolute atomic E-state index is 0. The molecule has 0 aromatic heterocycles. The molecule has 3 nitrogen and oxygen atoms in total. The number of Topliss-reactive ketones (excluding diaryl/α,β-unsaturated/α-hetero) is 2. The number of benzene rings is 1. The molecule has 0 bridgehead atoms. The summed E-state index contributed by atoms with van der Waals surface area (Å²) >= 11 is 0. The largest absolute Gasteiger partial charge is 0.317 e. The molecular formula is C21H32NO2Y+. The molecule has 1 heterocycles. The zero-order valence-corrected chi connectivity index (χ0v) is 19.1. The van der Waals surface area contributed by atoms with Gasteiger partial charge in [0, 0.05) is 45.6 Å². The Morgan fingerprint density at radius 2 is 1.80 bits per heavy atom. The molecule has 2 rings (SSSR count). The SMILES string of the molecule is CCC(=O)C1CCC[N+](CC)(CC(=O)Cc2c(C)cccc2C)C1.[Y]. The van der Waals surface area contributed by atoms with Gasteiger partial charge in [-0.1, -0.05) is 25.1 Å². The molecule has 2 atom stereocenters. The van der Waals surface area contributed by atoms with Crippen LogP contribution in [-0.4, -0.2) is 42.2 Å². The minimum atomic E-state index is 0. The Morgan fingerprint density at radius 3 is 2.36 bits per heavy atom. The van der Waals surface area contributed by atoms with Crippen LogP contribution < -0.4 is 0 Å². The molecule has 0 amide bonds. The predicted octanol–water partition coefficient (Wildman–Crippen LogP) is 3.64. The van der Waals surface area contributed by atoms with Crippen molar-refractivity contribution in [2.24, 2.45) is 5.92 Å². The van der Waals surface area contributed by atoms with Crippen LogP contribution in [0.5, 0.6) is 0 Å². The van der Waals surface area contributed by atoms with Crippen LogP contribution in [0.2, 0.25) is 0 Å². The van der Waals surface area contributed by atoms with Crippen molar-refractivity contribution in [2.45, 2.75) is 53.4 Å². The van der Waals surface area contributed by atoms with E-state index >= 15 is 0 Å². The quantitative estimate of drug-likeness (QED) is 0.633. The maximum atomic E-state index is 12.8. The molecule has 0 aliphatic carbocycles. The van der Waals surface area contributed by atoms with Gasteiger partial charge < -0.3 is 4.48 Å². The molecule has 1 aliphatic rings. The van der Waals surface area contributed by atoms with Gasteiger partial charge in [-0.2, -0.15) is 0 Å². The first-order valence-corrected chi connectivity index (χ1v) is 9.35. The van der Waals surface area contributed by atoms with Crippen molar-refractivity contribution in [1.29, 1.82) is 0 Å². The fourth-order valence-corrected chi connectivity index (χ4v) is 4.17. The van der Waals surface area contributed by atoms with Crippen LogP contribution in [0, 0.1) is 19.8 Å². The second-order valence-electron chi connectivity index (χ2n) is 7.47. The number of hydrogen-bond acceptors (Lipinski definition) is 2. The molecule has 2 unspecified atom stereocenters. The van der Waals surface area contributed by atoms with Crippen molar-refractivity contribution >= 4 is 11.6 Å². The monoisotopic (exact) mass is 419 g/mol. The van der Waals surface area contributed by atoms with E-state index < -0.39 is 0 Å². The molecule has 4 heteroatoms. The fourth-order valence-electron chi connectivity index (χ4n) is 4.17. The molecule has 1 radical (unpaired) electrons. The zero-order valence-electron chi connectivity index (χ0n) is 16.3. The summed E-state index contributed by atoms with van der Waals surface area (Å²) in [6.07, 6.45) is 3.19. The number of carbonyl (C=O) groups is 2. The summed E-state index contributed by atoms with van der Waals surface area (Å²) in [6.45, 7) is 11.6. The second-order valence-corrected chi connectivity index (χ2v) is 7.47. The standard InChI is InChI=1S/C21H32NO2.Y/c1-5-21(24)18-11-8-12-22(6-2,14-18)15-19(23)13-20-16(3)9-7-10-17(20)4;/h7,9-10,18H,5-6,8,11-15H2,1-4H3;/q+1;. The zero-order chi connectivity index (χ0) is 17.7. The van der Waals surface area contributed by atoms with Gasteiger partial charge in [-0.15, -0.1) is 0 Å². The number of nitrogens with zero attached hydrogens (tertiary/aromatic N) is 1. The average molecular weight is 419 g/mol. The van der Waals surface area contributed by atoms with Crippen molar-refractivity contribution in [3.8, 4) is 0 Å². The van der Waals surface area contributed by atoms with E-state index in [1.54, 1.807) is 0 Å². The van der Waals surface area contributed by atoms with Crippen molar-refractivity contribution in [3.63, 3.8) is 0 Å². The first-order valence-electron chi connectivity index (χ1n) is 9.35. The normalized spacial score (nSPS) is 23.0. The van der Waals surface area contributed by atoms with Crippen LogP contribution in [0.4, 0.5) is 0 Å². The van der Waals surface area contributed by atoms with Crippen LogP contribution >= 0.6 is 0 Å². The van der Waals surface area contributed by atoms with Crippen molar-refractivity contribution in [3.05, 3.63) is 34.9 Å². The van der Waals surface area contributed by atoms with E-state index in [0.717, 1.165) is 37.0 Å². The summed E-state index contributed by atoms with van der Waals surface area (Å²) in [7, 11) is 0. The molecule has 1 aromatic carbocycles. The van der Waals surface area contributed by atoms with Gasteiger partial charge in [-0.05, 0) is 50.3 Å². The molecule has 25 heavy (non-hydrogen) atoms. The van der Waals surface area contributed by atoms with E-state index in [-0.39, 0.29) is 38.6 Å². The van der Waals surface area contributed by atoms with E-state index in [1.165, 1.54) is 16.7 Å². The maximum Gasteiger partial charge on any atom is 0.191 e. The number of rotatable bonds is 7. The molecule has 0 saturated carbocycles. The Morgan fingerprint density at radius 1 is 1.16 bits per heavy atom. The molecular weight excluding hydrogens is 387 g/mol. The van der Waals surface area contributed by atoms with Gasteiger partial charge in [0.05, 0.1) is 25.6 Å². The Labute approximate surface area is 178 Å². The minimum Gasteiger partial charge on any atom is -0.317 e. The summed E-state index contributed by atoms with van der Waals surface area (Å²) in [5.41, 5.74) is 3.57. The number of piperidine rings is 1. The van der Waals surface area contributed by atoms with E-state index in [9.17, 15) is 9.59 Å². The van der Waals surface area contributed by atoms with Crippen LogP contribution in [-0.2, 0) is 48.7 Å². The van der Waals surface area contributed by atoms with Crippen LogP contribution in [0.3, 0.4) is 0 Å². The van der Waals surface area contributed by atoms with Gasteiger partial charge >= 0.3 is 0 Å². The summed E-state index contributed by atoms with van der Waals surface area (Å²) < 4.78 is 0.792. The molecule has 1 aliphatic heterocycles. The first kappa shape index (κ1) is 22.7. The van der Waals surface area contributed by atoms with Gasteiger partial charge in [-0.25, -0.2) is 0 Å². The average Bonchev–Trinajstić information content (AvgIpc) is 2.57. The van der Waals surface area contributed by atoms with Gasteiger partial charge in [0.2, 0.25) is 0 Å². The van der Waals surface area contributed by atoms with Crippen LogP contribution in [0.15, 0.2) is 18.2 Å². The third kappa shape index (κ3) is 5.80. The van der Waals surface area contributed by atoms with Crippen LogP contribution in [0.25, 0.3) is 0 Å². The summed E-state index contributed by atoms with van der Waals surface area (Å²) in [4.78, 5) is 24.9. The summed E-state index contributed by atoms with van der Waals surface area (Å²) in [6, 6.07) is 6.21. The molecule has 1 fully saturated rings.